The molecule has 1 heterocycles. The van der Waals surface area contributed by atoms with E-state index < -0.39 is 11.2 Å². The minimum atomic E-state index is -0.607. The fourth-order valence-electron chi connectivity index (χ4n) is 4.69. The van der Waals surface area contributed by atoms with Crippen LogP contribution in [0.2, 0.25) is 0 Å². The van der Waals surface area contributed by atoms with Gasteiger partial charge in [-0.15, -0.1) is 0 Å². The van der Waals surface area contributed by atoms with Crippen LogP contribution in [0.4, 0.5) is 11.5 Å². The van der Waals surface area contributed by atoms with Crippen LogP contribution in [0.25, 0.3) is 0 Å². The van der Waals surface area contributed by atoms with Crippen LogP contribution in [0.15, 0.2) is 9.59 Å². The molecule has 176 valence electrons. The number of nitrogen functional groups attached to an aromatic ring is 1. The normalized spacial score (nSPS) is 19.4. The topological polar surface area (TPSA) is 113 Å². The van der Waals surface area contributed by atoms with Crippen molar-refractivity contribution in [3.05, 3.63) is 20.8 Å². The first-order chi connectivity index (χ1) is 14.6. The molecule has 1 aliphatic rings. The summed E-state index contributed by atoms with van der Waals surface area (Å²) in [6, 6.07) is 0.274. The zero-order chi connectivity index (χ0) is 23.2. The van der Waals surface area contributed by atoms with Crippen LogP contribution < -0.4 is 27.2 Å². The zero-order valence-corrected chi connectivity index (χ0v) is 19.9. The van der Waals surface area contributed by atoms with Crippen molar-refractivity contribution in [1.82, 2.24) is 14.9 Å². The van der Waals surface area contributed by atoms with Gasteiger partial charge in [0.05, 0.1) is 6.54 Å². The monoisotopic (exact) mass is 435 g/mol. The molecule has 4 N–H and O–H groups in total. The van der Waals surface area contributed by atoms with Crippen molar-refractivity contribution >= 4 is 17.4 Å². The molecule has 0 spiro atoms. The average molecular weight is 436 g/mol. The minimum absolute atomic E-state index is 0.0605. The van der Waals surface area contributed by atoms with Gasteiger partial charge in [-0.1, -0.05) is 53.9 Å². The first-order valence-electron chi connectivity index (χ1n) is 11.8. The van der Waals surface area contributed by atoms with Crippen LogP contribution in [-0.4, -0.2) is 34.6 Å². The van der Waals surface area contributed by atoms with Crippen molar-refractivity contribution in [3.8, 4) is 0 Å². The summed E-state index contributed by atoms with van der Waals surface area (Å²) in [6.07, 6.45) is 6.89. The van der Waals surface area contributed by atoms with Crippen molar-refractivity contribution < 1.29 is 4.79 Å². The number of aromatic amines is 1. The molecule has 31 heavy (non-hydrogen) atoms. The molecule has 2 atom stereocenters. The Hall–Kier alpha value is -2.09. The maximum atomic E-state index is 13.3. The van der Waals surface area contributed by atoms with Crippen LogP contribution in [0.3, 0.4) is 0 Å². The predicted molar refractivity (Wildman–Crippen MR) is 126 cm³/mol. The highest BCUT2D eigenvalue weighted by molar-refractivity contribution is 5.96. The van der Waals surface area contributed by atoms with Crippen LogP contribution in [0, 0.1) is 11.3 Å². The first kappa shape index (κ1) is 25.2. The molecule has 1 aromatic rings. The van der Waals surface area contributed by atoms with E-state index in [1.165, 1.54) is 15.9 Å². The van der Waals surface area contributed by atoms with Crippen LogP contribution in [0.5, 0.6) is 0 Å². The number of unbranched alkanes of at least 4 members (excludes halogenated alkanes) is 1. The van der Waals surface area contributed by atoms with Crippen molar-refractivity contribution in [1.29, 1.82) is 0 Å². The molecule has 1 aliphatic carbocycles. The standard InChI is InChI=1S/C23H41N5O3/c1-6-8-14-27(19-20(24)28(13-7-2)22(31)26-21(19)30)18(29)15-25-17-12-10-9-11-16(17)23(3,4)5/h16-17,25H,6-15,24H2,1-5H3,(H,26,30,31). The van der Waals surface area contributed by atoms with Crippen LogP contribution >= 0.6 is 0 Å². The van der Waals surface area contributed by atoms with Gasteiger partial charge in [-0.05, 0) is 37.0 Å². The molecule has 0 saturated heterocycles. The number of aromatic nitrogens is 2. The number of rotatable bonds is 9. The summed E-state index contributed by atoms with van der Waals surface area (Å²) in [5.74, 6) is 0.369. The number of hydrogen-bond acceptors (Lipinski definition) is 5. The fourth-order valence-corrected chi connectivity index (χ4v) is 4.69. The van der Waals surface area contributed by atoms with E-state index >= 15 is 0 Å². The first-order valence-corrected chi connectivity index (χ1v) is 11.8. The largest absolute Gasteiger partial charge is 0.383 e. The second-order valence-corrected chi connectivity index (χ2v) is 9.79. The van der Waals surface area contributed by atoms with Gasteiger partial charge in [-0.3, -0.25) is 19.1 Å². The molecule has 0 bridgehead atoms. The highest BCUT2D eigenvalue weighted by Gasteiger charge is 2.34. The van der Waals surface area contributed by atoms with Gasteiger partial charge in [0.25, 0.3) is 5.56 Å². The van der Waals surface area contributed by atoms with E-state index in [2.05, 4.69) is 31.1 Å². The number of anilines is 2. The SMILES string of the molecule is CCCCN(C(=O)CNC1CCCCC1C(C)(C)C)c1c(N)n(CCC)c(=O)[nH]c1=O. The highest BCUT2D eigenvalue weighted by atomic mass is 16.2. The van der Waals surface area contributed by atoms with E-state index in [1.807, 2.05) is 13.8 Å². The number of nitrogens with one attached hydrogen (secondary N) is 2. The van der Waals surface area contributed by atoms with Crippen molar-refractivity contribution in [2.45, 2.75) is 92.2 Å². The molecule has 1 aromatic heterocycles. The predicted octanol–water partition coefficient (Wildman–Crippen LogP) is 2.86. The van der Waals surface area contributed by atoms with Crippen LogP contribution in [0.1, 0.15) is 79.6 Å². The zero-order valence-electron chi connectivity index (χ0n) is 19.9. The molecular weight excluding hydrogens is 394 g/mol. The average Bonchev–Trinajstić information content (AvgIpc) is 2.71. The molecule has 2 unspecified atom stereocenters. The molecule has 1 fully saturated rings. The molecule has 0 radical (unpaired) electrons. The lowest BCUT2D eigenvalue weighted by molar-refractivity contribution is -0.118. The number of carbonyl (C=O) groups is 1. The minimum Gasteiger partial charge on any atom is -0.383 e. The Balaban J connectivity index is 2.28. The maximum Gasteiger partial charge on any atom is 0.330 e. The second-order valence-electron chi connectivity index (χ2n) is 9.79. The Morgan fingerprint density at radius 1 is 1.19 bits per heavy atom. The maximum absolute atomic E-state index is 13.3. The van der Waals surface area contributed by atoms with Crippen molar-refractivity contribution in [2.24, 2.45) is 11.3 Å². The summed E-state index contributed by atoms with van der Waals surface area (Å²) in [7, 11) is 0. The van der Waals surface area contributed by atoms with E-state index in [4.69, 9.17) is 5.73 Å². The Bertz CT molecular complexity index is 852. The number of hydrogen-bond donors (Lipinski definition) is 3. The van der Waals surface area contributed by atoms with E-state index in [1.54, 1.807) is 0 Å². The van der Waals surface area contributed by atoms with Gasteiger partial charge >= 0.3 is 5.69 Å². The lowest BCUT2D eigenvalue weighted by Crippen LogP contribution is -2.50. The molecule has 2 rings (SSSR count). The van der Waals surface area contributed by atoms with Gasteiger partial charge in [0.15, 0.2) is 5.69 Å². The molecule has 8 heteroatoms. The van der Waals surface area contributed by atoms with Gasteiger partial charge in [-0.2, -0.15) is 0 Å². The number of amides is 1. The number of nitrogens with zero attached hydrogens (tertiary/aromatic N) is 2. The van der Waals surface area contributed by atoms with E-state index in [0.717, 1.165) is 32.1 Å². The summed E-state index contributed by atoms with van der Waals surface area (Å²) >= 11 is 0. The Labute approximate surface area is 185 Å². The second kappa shape index (κ2) is 11.0. The summed E-state index contributed by atoms with van der Waals surface area (Å²) in [5.41, 5.74) is 5.34. The molecular formula is C23H41N5O3. The molecule has 8 nitrogen and oxygen atoms in total. The summed E-state index contributed by atoms with van der Waals surface area (Å²) < 4.78 is 1.34. The van der Waals surface area contributed by atoms with Gasteiger partial charge in [0.2, 0.25) is 5.91 Å². The summed E-state index contributed by atoms with van der Waals surface area (Å²) in [6.45, 7) is 11.6. The lowest BCUT2D eigenvalue weighted by Gasteiger charge is -2.41. The molecule has 0 aromatic carbocycles. The van der Waals surface area contributed by atoms with Gasteiger partial charge in [0.1, 0.15) is 5.82 Å². The van der Waals surface area contributed by atoms with E-state index in [0.29, 0.717) is 25.4 Å². The molecule has 1 amide bonds. The summed E-state index contributed by atoms with van der Waals surface area (Å²) in [5, 5.41) is 3.48. The Morgan fingerprint density at radius 3 is 2.48 bits per heavy atom. The van der Waals surface area contributed by atoms with Gasteiger partial charge in [-0.25, -0.2) is 4.79 Å². The van der Waals surface area contributed by atoms with Gasteiger partial charge in [0, 0.05) is 19.1 Å². The third-order valence-corrected chi connectivity index (χ3v) is 6.36. The molecule has 1 saturated carbocycles. The van der Waals surface area contributed by atoms with Crippen LogP contribution in [-0.2, 0) is 11.3 Å². The quantitative estimate of drug-likeness (QED) is 0.552. The Morgan fingerprint density at radius 2 is 1.87 bits per heavy atom. The van der Waals surface area contributed by atoms with Gasteiger partial charge < -0.3 is 16.0 Å². The number of nitrogens with two attached hydrogens (primary N) is 1. The fraction of sp³-hybridized carbons (Fsp3) is 0.783. The Kier molecular flexibility index (Phi) is 8.91. The van der Waals surface area contributed by atoms with Crippen molar-refractivity contribution in [2.75, 3.05) is 23.7 Å². The third kappa shape index (κ3) is 6.21. The lowest BCUT2D eigenvalue weighted by atomic mass is 9.69. The number of carbonyl (C=O) groups excluding carboxylic acids is 1. The van der Waals surface area contributed by atoms with E-state index in [-0.39, 0.29) is 35.4 Å². The smallest absolute Gasteiger partial charge is 0.330 e. The number of H-pyrrole nitrogens is 1. The van der Waals surface area contributed by atoms with E-state index in [9.17, 15) is 14.4 Å². The van der Waals surface area contributed by atoms with Crippen molar-refractivity contribution in [3.63, 3.8) is 0 Å². The third-order valence-electron chi connectivity index (χ3n) is 6.36. The molecule has 0 aliphatic heterocycles. The highest BCUT2D eigenvalue weighted by Crippen LogP contribution is 2.37. The summed E-state index contributed by atoms with van der Waals surface area (Å²) in [4.78, 5) is 41.9.